The minimum atomic E-state index is -0.206. The van der Waals surface area contributed by atoms with Crippen LogP contribution in [0.2, 0.25) is 0 Å². The van der Waals surface area contributed by atoms with Crippen LogP contribution in [0.4, 0.5) is 0 Å². The first kappa shape index (κ1) is 16.7. The number of methoxy groups -OCH3 is 1. The molecule has 0 aliphatic heterocycles. The molecular weight excluding hydrogens is 254 g/mol. The molecule has 0 aromatic carbocycles. The Morgan fingerprint density at radius 2 is 2.15 bits per heavy atom. The van der Waals surface area contributed by atoms with E-state index in [1.165, 1.54) is 7.11 Å². The maximum Gasteiger partial charge on any atom is 0.307 e. The number of nitrogens with one attached hydrogen (secondary N) is 1. The summed E-state index contributed by atoms with van der Waals surface area (Å²) in [5.41, 5.74) is 2.05. The van der Waals surface area contributed by atoms with Crippen molar-refractivity contribution < 1.29 is 9.53 Å². The van der Waals surface area contributed by atoms with Crippen molar-refractivity contribution >= 4 is 5.97 Å². The number of rotatable bonds is 6. The van der Waals surface area contributed by atoms with E-state index in [-0.39, 0.29) is 17.4 Å². The molecule has 5 heteroatoms. The molecule has 0 radical (unpaired) electrons. The molecule has 0 bridgehead atoms. The highest BCUT2D eigenvalue weighted by Gasteiger charge is 2.27. The number of ether oxygens (including phenoxy) is 1. The molecule has 1 N–H and O–H groups in total. The van der Waals surface area contributed by atoms with Crippen LogP contribution in [0, 0.1) is 0 Å². The van der Waals surface area contributed by atoms with E-state index in [2.05, 4.69) is 38.1 Å². The number of carbonyl (C=O) groups is 1. The first-order valence-electron chi connectivity index (χ1n) is 7.13. The van der Waals surface area contributed by atoms with Crippen LogP contribution < -0.4 is 5.32 Å². The van der Waals surface area contributed by atoms with E-state index in [4.69, 9.17) is 4.74 Å². The van der Waals surface area contributed by atoms with Gasteiger partial charge in [0.2, 0.25) is 0 Å². The Morgan fingerprint density at radius 1 is 1.50 bits per heavy atom. The molecule has 1 atom stereocenters. The molecule has 1 aromatic rings. The third-order valence-electron chi connectivity index (χ3n) is 3.18. The molecular formula is C15H27N3O2. The van der Waals surface area contributed by atoms with Crippen molar-refractivity contribution in [3.63, 3.8) is 0 Å². The van der Waals surface area contributed by atoms with Crippen LogP contribution in [0.5, 0.6) is 0 Å². The van der Waals surface area contributed by atoms with Crippen molar-refractivity contribution in [1.82, 2.24) is 15.1 Å². The Balaban J connectivity index is 3.09. The van der Waals surface area contributed by atoms with Crippen LogP contribution in [0.25, 0.3) is 0 Å². The number of esters is 1. The van der Waals surface area contributed by atoms with Crippen molar-refractivity contribution in [2.45, 2.75) is 52.0 Å². The Bertz CT molecular complexity index is 446. The predicted molar refractivity (Wildman–Crippen MR) is 79.6 cm³/mol. The van der Waals surface area contributed by atoms with Crippen molar-refractivity contribution in [2.24, 2.45) is 7.05 Å². The van der Waals surface area contributed by atoms with Gasteiger partial charge >= 0.3 is 5.97 Å². The highest BCUT2D eigenvalue weighted by molar-refractivity contribution is 5.70. The minimum Gasteiger partial charge on any atom is -0.469 e. The zero-order valence-electron chi connectivity index (χ0n) is 13.5. The van der Waals surface area contributed by atoms with Crippen LogP contribution in [0.3, 0.4) is 0 Å². The Labute approximate surface area is 121 Å². The number of hydrogen-bond donors (Lipinski definition) is 1. The average molecular weight is 281 g/mol. The lowest BCUT2D eigenvalue weighted by atomic mass is 9.87. The number of aryl methyl sites for hydroxylation is 1. The molecule has 20 heavy (non-hydrogen) atoms. The molecule has 1 heterocycles. The average Bonchev–Trinajstić information content (AvgIpc) is 2.76. The van der Waals surface area contributed by atoms with E-state index in [0.717, 1.165) is 24.2 Å². The largest absolute Gasteiger partial charge is 0.469 e. The van der Waals surface area contributed by atoms with Crippen LogP contribution in [-0.2, 0) is 22.0 Å². The van der Waals surface area contributed by atoms with Gasteiger partial charge in [0.1, 0.15) is 0 Å². The van der Waals surface area contributed by atoms with Crippen molar-refractivity contribution in [3.05, 3.63) is 17.5 Å². The lowest BCUT2D eigenvalue weighted by Gasteiger charge is -2.23. The minimum absolute atomic E-state index is 0.0506. The van der Waals surface area contributed by atoms with Crippen LogP contribution in [0.1, 0.15) is 57.8 Å². The van der Waals surface area contributed by atoms with Gasteiger partial charge in [-0.05, 0) is 13.0 Å². The maximum atomic E-state index is 11.6. The molecule has 1 aromatic heterocycles. The van der Waals surface area contributed by atoms with Gasteiger partial charge in [-0.1, -0.05) is 27.7 Å². The fraction of sp³-hybridized carbons (Fsp3) is 0.733. The Kier molecular flexibility index (Phi) is 5.74. The molecule has 0 amide bonds. The topological polar surface area (TPSA) is 56.1 Å². The van der Waals surface area contributed by atoms with Gasteiger partial charge in [-0.3, -0.25) is 9.48 Å². The summed E-state index contributed by atoms with van der Waals surface area (Å²) in [6, 6.07) is -0.0506. The number of aromatic nitrogens is 2. The standard InChI is InChI=1S/C15H27N3O2/c1-7-8-16-12(9-13(19)20-6)11-10-18(5)17-14(11)15(2,3)4/h10,12,16H,7-9H2,1-6H3. The summed E-state index contributed by atoms with van der Waals surface area (Å²) in [7, 11) is 3.33. The summed E-state index contributed by atoms with van der Waals surface area (Å²) in [5.74, 6) is -0.206. The predicted octanol–water partition coefficient (Wildman–Crippen LogP) is 2.32. The summed E-state index contributed by atoms with van der Waals surface area (Å²) in [6.07, 6.45) is 3.34. The zero-order chi connectivity index (χ0) is 15.3. The summed E-state index contributed by atoms with van der Waals surface area (Å²) < 4.78 is 6.62. The van der Waals surface area contributed by atoms with Crippen molar-refractivity contribution in [1.29, 1.82) is 0 Å². The van der Waals surface area contributed by atoms with E-state index >= 15 is 0 Å². The summed E-state index contributed by atoms with van der Waals surface area (Å²) >= 11 is 0. The fourth-order valence-corrected chi connectivity index (χ4v) is 2.21. The Morgan fingerprint density at radius 3 is 2.65 bits per heavy atom. The van der Waals surface area contributed by atoms with Gasteiger partial charge in [0.15, 0.2) is 0 Å². The smallest absolute Gasteiger partial charge is 0.307 e. The second kappa shape index (κ2) is 6.88. The van der Waals surface area contributed by atoms with Crippen LogP contribution in [-0.4, -0.2) is 29.4 Å². The van der Waals surface area contributed by atoms with Gasteiger partial charge in [0, 0.05) is 30.3 Å². The molecule has 1 unspecified atom stereocenters. The SMILES string of the molecule is CCCNC(CC(=O)OC)c1cn(C)nc1C(C)(C)C. The van der Waals surface area contributed by atoms with E-state index in [9.17, 15) is 4.79 Å². The molecule has 0 saturated carbocycles. The maximum absolute atomic E-state index is 11.6. The lowest BCUT2D eigenvalue weighted by molar-refractivity contribution is -0.141. The first-order chi connectivity index (χ1) is 9.29. The van der Waals surface area contributed by atoms with Gasteiger partial charge < -0.3 is 10.1 Å². The number of nitrogens with zero attached hydrogens (tertiary/aromatic N) is 2. The fourth-order valence-electron chi connectivity index (χ4n) is 2.21. The third kappa shape index (κ3) is 4.34. The van der Waals surface area contributed by atoms with Crippen LogP contribution in [0.15, 0.2) is 6.20 Å². The molecule has 0 aliphatic rings. The molecule has 0 aliphatic carbocycles. The molecule has 114 valence electrons. The quantitative estimate of drug-likeness (QED) is 0.813. The molecule has 5 nitrogen and oxygen atoms in total. The lowest BCUT2D eigenvalue weighted by Crippen LogP contribution is -2.27. The highest BCUT2D eigenvalue weighted by Crippen LogP contribution is 2.30. The van der Waals surface area contributed by atoms with Gasteiger partial charge in [-0.15, -0.1) is 0 Å². The summed E-state index contributed by atoms with van der Waals surface area (Å²) in [4.78, 5) is 11.6. The monoisotopic (exact) mass is 281 g/mol. The van der Waals surface area contributed by atoms with Gasteiger partial charge in [0.05, 0.1) is 19.2 Å². The second-order valence-corrected chi connectivity index (χ2v) is 6.14. The number of hydrogen-bond acceptors (Lipinski definition) is 4. The first-order valence-corrected chi connectivity index (χ1v) is 7.13. The van der Waals surface area contributed by atoms with Crippen LogP contribution >= 0.6 is 0 Å². The molecule has 0 saturated heterocycles. The van der Waals surface area contributed by atoms with E-state index < -0.39 is 0 Å². The summed E-state index contributed by atoms with van der Waals surface area (Å²) in [6.45, 7) is 9.37. The zero-order valence-corrected chi connectivity index (χ0v) is 13.5. The molecule has 0 spiro atoms. The normalized spacial score (nSPS) is 13.3. The number of carbonyl (C=O) groups excluding carboxylic acids is 1. The van der Waals surface area contributed by atoms with E-state index in [0.29, 0.717) is 6.42 Å². The van der Waals surface area contributed by atoms with Gasteiger partial charge in [-0.2, -0.15) is 5.10 Å². The Hall–Kier alpha value is -1.36. The van der Waals surface area contributed by atoms with E-state index in [1.807, 2.05) is 17.9 Å². The van der Waals surface area contributed by atoms with E-state index in [1.54, 1.807) is 0 Å². The second-order valence-electron chi connectivity index (χ2n) is 6.14. The van der Waals surface area contributed by atoms with Crippen molar-refractivity contribution in [2.75, 3.05) is 13.7 Å². The molecule has 1 rings (SSSR count). The van der Waals surface area contributed by atoms with Gasteiger partial charge in [-0.25, -0.2) is 0 Å². The van der Waals surface area contributed by atoms with Crippen molar-refractivity contribution in [3.8, 4) is 0 Å². The molecule has 0 fully saturated rings. The highest BCUT2D eigenvalue weighted by atomic mass is 16.5. The summed E-state index contributed by atoms with van der Waals surface area (Å²) in [5, 5.41) is 7.99. The van der Waals surface area contributed by atoms with Gasteiger partial charge in [0.25, 0.3) is 0 Å². The third-order valence-corrected chi connectivity index (χ3v) is 3.18.